The fourth-order valence-corrected chi connectivity index (χ4v) is 2.15. The van der Waals surface area contributed by atoms with E-state index in [1.54, 1.807) is 0 Å². The van der Waals surface area contributed by atoms with E-state index in [1.165, 1.54) is 0 Å². The summed E-state index contributed by atoms with van der Waals surface area (Å²) in [6, 6.07) is 7.78. The minimum absolute atomic E-state index is 0.283. The van der Waals surface area contributed by atoms with Crippen molar-refractivity contribution >= 4 is 21.6 Å². The lowest BCUT2D eigenvalue weighted by molar-refractivity contribution is 0.120. The Morgan fingerprint density at radius 2 is 2.44 bits per heavy atom. The van der Waals surface area contributed by atoms with Crippen molar-refractivity contribution in [3.63, 3.8) is 0 Å². The fraction of sp³-hybridized carbons (Fsp3) is 0.417. The molecule has 0 spiro atoms. The molecule has 0 aromatic heterocycles. The van der Waals surface area contributed by atoms with Gasteiger partial charge < -0.3 is 10.1 Å². The maximum Gasteiger partial charge on any atom is 0.101 e. The maximum atomic E-state index is 8.96. The first-order valence-corrected chi connectivity index (χ1v) is 6.14. The molecule has 3 nitrogen and oxygen atoms in total. The van der Waals surface area contributed by atoms with Gasteiger partial charge in [0.2, 0.25) is 0 Å². The van der Waals surface area contributed by atoms with Crippen LogP contribution in [0.4, 0.5) is 5.69 Å². The zero-order valence-electron chi connectivity index (χ0n) is 8.87. The minimum atomic E-state index is 0.283. The molecule has 1 fully saturated rings. The molecule has 1 atom stereocenters. The highest BCUT2D eigenvalue weighted by molar-refractivity contribution is 9.10. The Balaban J connectivity index is 2.02. The van der Waals surface area contributed by atoms with E-state index in [2.05, 4.69) is 27.3 Å². The van der Waals surface area contributed by atoms with Gasteiger partial charge in [-0.1, -0.05) is 15.9 Å². The number of nitrogens with zero attached hydrogens (tertiary/aromatic N) is 1. The molecule has 0 saturated carbocycles. The lowest BCUT2D eigenvalue weighted by Gasteiger charge is -2.13. The van der Waals surface area contributed by atoms with E-state index in [0.29, 0.717) is 5.56 Å². The molecule has 0 radical (unpaired) electrons. The first-order chi connectivity index (χ1) is 7.79. The van der Waals surface area contributed by atoms with Crippen molar-refractivity contribution < 1.29 is 4.74 Å². The number of benzene rings is 1. The van der Waals surface area contributed by atoms with Crippen molar-refractivity contribution in [2.45, 2.75) is 18.9 Å². The summed E-state index contributed by atoms with van der Waals surface area (Å²) in [4.78, 5) is 0. The molecule has 1 saturated heterocycles. The second kappa shape index (κ2) is 5.33. The van der Waals surface area contributed by atoms with Gasteiger partial charge in [0, 0.05) is 17.6 Å². The number of hydrogen-bond acceptors (Lipinski definition) is 3. The molecule has 1 aromatic rings. The van der Waals surface area contributed by atoms with Gasteiger partial charge >= 0.3 is 0 Å². The van der Waals surface area contributed by atoms with Crippen LogP contribution in [0.25, 0.3) is 0 Å². The lowest BCUT2D eigenvalue weighted by Crippen LogP contribution is -2.18. The second-order valence-corrected chi connectivity index (χ2v) is 4.73. The Hall–Kier alpha value is -1.05. The first kappa shape index (κ1) is 11.4. The summed E-state index contributed by atoms with van der Waals surface area (Å²) in [5.74, 6) is 0. The molecule has 1 aromatic carbocycles. The number of hydrogen-bond donors (Lipinski definition) is 1. The fourth-order valence-electron chi connectivity index (χ4n) is 1.79. The van der Waals surface area contributed by atoms with Crippen LogP contribution < -0.4 is 5.32 Å². The molecule has 4 heteroatoms. The number of ether oxygens (including phenoxy) is 1. The Morgan fingerprint density at radius 1 is 1.56 bits per heavy atom. The van der Waals surface area contributed by atoms with Gasteiger partial charge in [-0.25, -0.2) is 0 Å². The second-order valence-electron chi connectivity index (χ2n) is 3.82. The maximum absolute atomic E-state index is 8.96. The summed E-state index contributed by atoms with van der Waals surface area (Å²) in [7, 11) is 0. The average Bonchev–Trinajstić information content (AvgIpc) is 2.79. The molecule has 0 bridgehead atoms. The monoisotopic (exact) mass is 280 g/mol. The van der Waals surface area contributed by atoms with Gasteiger partial charge in [-0.3, -0.25) is 0 Å². The van der Waals surface area contributed by atoms with E-state index in [-0.39, 0.29) is 6.10 Å². The van der Waals surface area contributed by atoms with E-state index < -0.39 is 0 Å². The highest BCUT2D eigenvalue weighted by Crippen LogP contribution is 2.21. The SMILES string of the molecule is N#Cc1ccc(Br)cc1NC[C@H]1CCCO1. The molecular weight excluding hydrogens is 268 g/mol. The molecule has 2 rings (SSSR count). The van der Waals surface area contributed by atoms with Gasteiger partial charge in [-0.2, -0.15) is 5.26 Å². The van der Waals surface area contributed by atoms with Crippen LogP contribution in [0, 0.1) is 11.3 Å². The normalized spacial score (nSPS) is 19.4. The van der Waals surface area contributed by atoms with Crippen molar-refractivity contribution in [3.05, 3.63) is 28.2 Å². The highest BCUT2D eigenvalue weighted by atomic mass is 79.9. The predicted molar refractivity (Wildman–Crippen MR) is 66.3 cm³/mol. The van der Waals surface area contributed by atoms with Gasteiger partial charge in [-0.05, 0) is 31.0 Å². The molecule has 0 aliphatic carbocycles. The molecule has 16 heavy (non-hydrogen) atoms. The Bertz CT molecular complexity index is 408. The Kier molecular flexibility index (Phi) is 3.81. The van der Waals surface area contributed by atoms with Gasteiger partial charge in [0.25, 0.3) is 0 Å². The number of halogens is 1. The molecule has 84 valence electrons. The van der Waals surface area contributed by atoms with Gasteiger partial charge in [-0.15, -0.1) is 0 Å². The quantitative estimate of drug-likeness (QED) is 0.926. The highest BCUT2D eigenvalue weighted by Gasteiger charge is 2.15. The summed E-state index contributed by atoms with van der Waals surface area (Å²) in [6.45, 7) is 1.63. The number of rotatable bonds is 3. The molecule has 1 aliphatic rings. The van der Waals surface area contributed by atoms with Gasteiger partial charge in [0.05, 0.1) is 17.4 Å². The van der Waals surface area contributed by atoms with Gasteiger partial charge in [0.1, 0.15) is 6.07 Å². The van der Waals surface area contributed by atoms with Crippen molar-refractivity contribution in [2.24, 2.45) is 0 Å². The van der Waals surface area contributed by atoms with Crippen LogP contribution in [0.15, 0.2) is 22.7 Å². The van der Waals surface area contributed by atoms with Crippen LogP contribution in [0.3, 0.4) is 0 Å². The van der Waals surface area contributed by atoms with E-state index >= 15 is 0 Å². The summed E-state index contributed by atoms with van der Waals surface area (Å²) in [5, 5.41) is 12.2. The third-order valence-electron chi connectivity index (χ3n) is 2.65. The van der Waals surface area contributed by atoms with E-state index in [4.69, 9.17) is 10.00 Å². The van der Waals surface area contributed by atoms with Crippen molar-refractivity contribution in [3.8, 4) is 6.07 Å². The topological polar surface area (TPSA) is 45.0 Å². The minimum Gasteiger partial charge on any atom is -0.381 e. The van der Waals surface area contributed by atoms with Crippen LogP contribution in [0.2, 0.25) is 0 Å². The van der Waals surface area contributed by atoms with Gasteiger partial charge in [0.15, 0.2) is 0 Å². The molecular formula is C12H13BrN2O. The number of nitriles is 1. The first-order valence-electron chi connectivity index (χ1n) is 5.35. The zero-order chi connectivity index (χ0) is 11.4. The lowest BCUT2D eigenvalue weighted by atomic mass is 10.2. The summed E-state index contributed by atoms with van der Waals surface area (Å²) in [6.07, 6.45) is 2.52. The standard InChI is InChI=1S/C12H13BrN2O/c13-10-4-3-9(7-14)12(6-10)15-8-11-2-1-5-16-11/h3-4,6,11,15H,1-2,5,8H2/t11-/m1/s1. The Morgan fingerprint density at radius 3 is 3.12 bits per heavy atom. The van der Waals surface area contributed by atoms with E-state index in [9.17, 15) is 0 Å². The summed E-state index contributed by atoms with van der Waals surface area (Å²) < 4.78 is 6.49. The average molecular weight is 281 g/mol. The largest absolute Gasteiger partial charge is 0.381 e. The number of nitrogens with one attached hydrogen (secondary N) is 1. The summed E-state index contributed by atoms with van der Waals surface area (Å²) in [5.41, 5.74) is 1.54. The van der Waals surface area contributed by atoms with Crippen molar-refractivity contribution in [2.75, 3.05) is 18.5 Å². The third kappa shape index (κ3) is 2.75. The zero-order valence-corrected chi connectivity index (χ0v) is 10.5. The molecule has 0 amide bonds. The van der Waals surface area contributed by atoms with Crippen LogP contribution in [0.5, 0.6) is 0 Å². The Labute approximate surface area is 104 Å². The number of anilines is 1. The van der Waals surface area contributed by atoms with Crippen LogP contribution >= 0.6 is 15.9 Å². The predicted octanol–water partition coefficient (Wildman–Crippen LogP) is 2.91. The van der Waals surface area contributed by atoms with Crippen LogP contribution in [-0.4, -0.2) is 19.3 Å². The third-order valence-corrected chi connectivity index (χ3v) is 3.14. The molecule has 1 heterocycles. The smallest absolute Gasteiger partial charge is 0.101 e. The van der Waals surface area contributed by atoms with Crippen molar-refractivity contribution in [1.82, 2.24) is 0 Å². The van der Waals surface area contributed by atoms with Crippen LogP contribution in [-0.2, 0) is 4.74 Å². The molecule has 1 N–H and O–H groups in total. The van der Waals surface area contributed by atoms with E-state index in [0.717, 1.165) is 36.2 Å². The molecule has 0 unspecified atom stereocenters. The van der Waals surface area contributed by atoms with E-state index in [1.807, 2.05) is 18.2 Å². The van der Waals surface area contributed by atoms with Crippen molar-refractivity contribution in [1.29, 1.82) is 5.26 Å². The summed E-state index contributed by atoms with van der Waals surface area (Å²) >= 11 is 3.40. The van der Waals surface area contributed by atoms with Crippen LogP contribution in [0.1, 0.15) is 18.4 Å². The molecule has 1 aliphatic heterocycles.